The highest BCUT2D eigenvalue weighted by molar-refractivity contribution is 14.1. The molecule has 0 amide bonds. The van der Waals surface area contributed by atoms with Crippen molar-refractivity contribution in [3.63, 3.8) is 0 Å². The zero-order valence-electron chi connectivity index (χ0n) is 13.3. The molecule has 4 nitrogen and oxygen atoms in total. The molecule has 2 N–H and O–H groups in total. The van der Waals surface area contributed by atoms with E-state index in [-0.39, 0.29) is 11.3 Å². The molecule has 0 radical (unpaired) electrons. The van der Waals surface area contributed by atoms with E-state index in [1.165, 1.54) is 6.07 Å². The van der Waals surface area contributed by atoms with E-state index in [0.29, 0.717) is 17.9 Å². The lowest BCUT2D eigenvalue weighted by atomic mass is 9.85. The van der Waals surface area contributed by atoms with E-state index in [2.05, 4.69) is 22.6 Å². The fourth-order valence-electron chi connectivity index (χ4n) is 2.17. The molecular weight excluding hydrogens is 407 g/mol. The fraction of sp³-hybridized carbons (Fsp3) is 0.278. The molecule has 0 fully saturated rings. The Morgan fingerprint density at radius 2 is 1.78 bits per heavy atom. The number of carboxylic acids is 1. The summed E-state index contributed by atoms with van der Waals surface area (Å²) in [7, 11) is 0. The van der Waals surface area contributed by atoms with Gasteiger partial charge in [0.25, 0.3) is 0 Å². The van der Waals surface area contributed by atoms with Gasteiger partial charge in [-0.1, -0.05) is 32.9 Å². The predicted octanol–water partition coefficient (Wildman–Crippen LogP) is 4.57. The van der Waals surface area contributed by atoms with Crippen molar-refractivity contribution in [2.24, 2.45) is 0 Å². The SMILES string of the molecule is CC(C)(C)c1cc(OCc2ccc(I)cc2)cc(C(=O)O)c1O. The molecule has 2 rings (SSSR count). The Labute approximate surface area is 149 Å². The molecule has 0 aromatic heterocycles. The second kappa shape index (κ2) is 6.78. The van der Waals surface area contributed by atoms with Gasteiger partial charge in [-0.25, -0.2) is 4.79 Å². The van der Waals surface area contributed by atoms with Gasteiger partial charge in [-0.3, -0.25) is 0 Å². The third-order valence-corrected chi connectivity index (χ3v) is 4.16. The number of hydrogen-bond acceptors (Lipinski definition) is 3. The normalized spacial score (nSPS) is 11.3. The van der Waals surface area contributed by atoms with Gasteiger partial charge in [0.15, 0.2) is 0 Å². The van der Waals surface area contributed by atoms with E-state index < -0.39 is 11.4 Å². The van der Waals surface area contributed by atoms with Gasteiger partial charge in [0.05, 0.1) is 0 Å². The summed E-state index contributed by atoms with van der Waals surface area (Å²) < 4.78 is 6.87. The Morgan fingerprint density at radius 1 is 1.17 bits per heavy atom. The van der Waals surface area contributed by atoms with Crippen LogP contribution in [0.5, 0.6) is 11.5 Å². The summed E-state index contributed by atoms with van der Waals surface area (Å²) in [5.41, 5.74) is 1.01. The van der Waals surface area contributed by atoms with Gasteiger partial charge in [-0.2, -0.15) is 0 Å². The summed E-state index contributed by atoms with van der Waals surface area (Å²) in [6.45, 7) is 6.08. The zero-order valence-corrected chi connectivity index (χ0v) is 15.4. The topological polar surface area (TPSA) is 66.8 Å². The molecule has 23 heavy (non-hydrogen) atoms. The van der Waals surface area contributed by atoms with Crippen LogP contribution in [0.15, 0.2) is 36.4 Å². The van der Waals surface area contributed by atoms with Crippen LogP contribution in [0.2, 0.25) is 0 Å². The van der Waals surface area contributed by atoms with Gasteiger partial charge in [0, 0.05) is 9.13 Å². The highest BCUT2D eigenvalue weighted by Crippen LogP contribution is 2.37. The summed E-state index contributed by atoms with van der Waals surface area (Å²) in [4.78, 5) is 11.3. The minimum Gasteiger partial charge on any atom is -0.507 e. The van der Waals surface area contributed by atoms with E-state index >= 15 is 0 Å². The van der Waals surface area contributed by atoms with Gasteiger partial charge in [-0.15, -0.1) is 0 Å². The van der Waals surface area contributed by atoms with Crippen molar-refractivity contribution in [2.45, 2.75) is 32.8 Å². The number of aromatic hydroxyl groups is 1. The maximum atomic E-state index is 11.3. The van der Waals surface area contributed by atoms with Crippen molar-refractivity contribution in [3.05, 3.63) is 56.7 Å². The smallest absolute Gasteiger partial charge is 0.339 e. The molecule has 0 aliphatic carbocycles. The first-order valence-corrected chi connectivity index (χ1v) is 8.24. The van der Waals surface area contributed by atoms with Gasteiger partial charge < -0.3 is 14.9 Å². The molecular formula is C18H19IO4. The molecule has 0 saturated carbocycles. The van der Waals surface area contributed by atoms with E-state index in [1.807, 2.05) is 45.0 Å². The molecule has 0 bridgehead atoms. The second-order valence-corrected chi connectivity index (χ2v) is 7.58. The molecule has 2 aromatic carbocycles. The van der Waals surface area contributed by atoms with Crippen molar-refractivity contribution in [2.75, 3.05) is 0 Å². The molecule has 5 heteroatoms. The third kappa shape index (κ3) is 4.37. The van der Waals surface area contributed by atoms with Crippen molar-refractivity contribution < 1.29 is 19.7 Å². The predicted molar refractivity (Wildman–Crippen MR) is 97.3 cm³/mol. The number of hydrogen-bond donors (Lipinski definition) is 2. The number of rotatable bonds is 4. The van der Waals surface area contributed by atoms with E-state index in [0.717, 1.165) is 9.13 Å². The Morgan fingerprint density at radius 3 is 2.30 bits per heavy atom. The van der Waals surface area contributed by atoms with Crippen LogP contribution in [0.25, 0.3) is 0 Å². The first-order valence-electron chi connectivity index (χ1n) is 7.16. The average Bonchev–Trinajstić information content (AvgIpc) is 2.46. The third-order valence-electron chi connectivity index (χ3n) is 3.44. The van der Waals surface area contributed by atoms with E-state index in [9.17, 15) is 15.0 Å². The van der Waals surface area contributed by atoms with Crippen molar-refractivity contribution in [3.8, 4) is 11.5 Å². The maximum Gasteiger partial charge on any atom is 0.339 e. The molecule has 0 aliphatic heterocycles. The molecule has 0 spiro atoms. The van der Waals surface area contributed by atoms with Gasteiger partial charge >= 0.3 is 5.97 Å². The second-order valence-electron chi connectivity index (χ2n) is 6.34. The molecule has 0 atom stereocenters. The highest BCUT2D eigenvalue weighted by Gasteiger charge is 2.24. The molecule has 0 aliphatic rings. The summed E-state index contributed by atoms with van der Waals surface area (Å²) >= 11 is 2.23. The number of ether oxygens (including phenoxy) is 1. The van der Waals surface area contributed by atoms with Gasteiger partial charge in [0.1, 0.15) is 23.7 Å². The lowest BCUT2D eigenvalue weighted by molar-refractivity contribution is 0.0692. The first kappa shape index (κ1) is 17.6. The quantitative estimate of drug-likeness (QED) is 0.703. The highest BCUT2D eigenvalue weighted by atomic mass is 127. The van der Waals surface area contributed by atoms with Crippen LogP contribution in [0.1, 0.15) is 42.3 Å². The molecule has 0 heterocycles. The fourth-order valence-corrected chi connectivity index (χ4v) is 2.53. The van der Waals surface area contributed by atoms with Crippen LogP contribution in [0.3, 0.4) is 0 Å². The van der Waals surface area contributed by atoms with Crippen LogP contribution in [-0.2, 0) is 12.0 Å². The first-order chi connectivity index (χ1) is 10.7. The number of phenols is 1. The summed E-state index contributed by atoms with van der Waals surface area (Å²) in [6, 6.07) is 11.0. The minimum absolute atomic E-state index is 0.143. The summed E-state index contributed by atoms with van der Waals surface area (Å²) in [5.74, 6) is -0.942. The van der Waals surface area contributed by atoms with Crippen LogP contribution < -0.4 is 4.74 Å². The average molecular weight is 426 g/mol. The number of benzene rings is 2. The largest absolute Gasteiger partial charge is 0.507 e. The van der Waals surface area contributed by atoms with E-state index in [1.54, 1.807) is 6.07 Å². The lowest BCUT2D eigenvalue weighted by Gasteiger charge is -2.22. The molecule has 0 saturated heterocycles. The van der Waals surface area contributed by atoms with Crippen molar-refractivity contribution in [1.29, 1.82) is 0 Å². The maximum absolute atomic E-state index is 11.3. The van der Waals surface area contributed by atoms with Crippen molar-refractivity contribution in [1.82, 2.24) is 0 Å². The van der Waals surface area contributed by atoms with Gasteiger partial charge in [-0.05, 0) is 57.8 Å². The standard InChI is InChI=1S/C18H19IO4/c1-18(2,3)15-9-13(8-14(16(15)20)17(21)22)23-10-11-4-6-12(19)7-5-11/h4-9,20H,10H2,1-3H3,(H,21,22). The molecule has 0 unspecified atom stereocenters. The lowest BCUT2D eigenvalue weighted by Crippen LogP contribution is -2.14. The summed E-state index contributed by atoms with van der Waals surface area (Å²) in [6.07, 6.45) is 0. The van der Waals surface area contributed by atoms with Crippen LogP contribution in [-0.4, -0.2) is 16.2 Å². The molecule has 2 aromatic rings. The Hall–Kier alpha value is -1.76. The van der Waals surface area contributed by atoms with Crippen LogP contribution in [0.4, 0.5) is 0 Å². The van der Waals surface area contributed by atoms with Gasteiger partial charge in [0.2, 0.25) is 0 Å². The number of carbonyl (C=O) groups is 1. The number of halogens is 1. The number of carboxylic acid groups (broad SMARTS) is 1. The number of aromatic carboxylic acids is 1. The van der Waals surface area contributed by atoms with Crippen LogP contribution in [0, 0.1) is 3.57 Å². The minimum atomic E-state index is -1.17. The van der Waals surface area contributed by atoms with E-state index in [4.69, 9.17) is 4.74 Å². The van der Waals surface area contributed by atoms with Crippen molar-refractivity contribution >= 4 is 28.6 Å². The zero-order chi connectivity index (χ0) is 17.2. The molecule has 122 valence electrons. The summed E-state index contributed by atoms with van der Waals surface area (Å²) in [5, 5.41) is 19.5. The Bertz CT molecular complexity index is 715. The Balaban J connectivity index is 2.32. The van der Waals surface area contributed by atoms with Crippen LogP contribution >= 0.6 is 22.6 Å². The monoisotopic (exact) mass is 426 g/mol. The Kier molecular flexibility index (Phi) is 5.19.